The van der Waals surface area contributed by atoms with Gasteiger partial charge in [0.25, 0.3) is 5.91 Å². The minimum absolute atomic E-state index is 0.162. The molecule has 0 aromatic heterocycles. The molecule has 0 saturated carbocycles. The van der Waals surface area contributed by atoms with Crippen LogP contribution < -0.4 is 14.8 Å². The monoisotopic (exact) mass is 479 g/mol. The van der Waals surface area contributed by atoms with Crippen molar-refractivity contribution in [3.63, 3.8) is 0 Å². The van der Waals surface area contributed by atoms with E-state index < -0.39 is 30.3 Å². The summed E-state index contributed by atoms with van der Waals surface area (Å²) < 4.78 is 16.3. The quantitative estimate of drug-likeness (QED) is 0.469. The lowest BCUT2D eigenvalue weighted by Crippen LogP contribution is -2.45. The fourth-order valence-corrected chi connectivity index (χ4v) is 3.53. The smallest absolute Gasteiger partial charge is 0.329 e. The molecule has 2 aromatic carbocycles. The van der Waals surface area contributed by atoms with Crippen molar-refractivity contribution in [2.24, 2.45) is 5.92 Å². The Morgan fingerprint density at radius 1 is 1.03 bits per heavy atom. The van der Waals surface area contributed by atoms with Crippen molar-refractivity contribution in [3.8, 4) is 11.5 Å². The number of ether oxygens (including phenoxy) is 3. The van der Waals surface area contributed by atoms with E-state index >= 15 is 0 Å². The van der Waals surface area contributed by atoms with Crippen LogP contribution in [-0.2, 0) is 9.53 Å². The van der Waals surface area contributed by atoms with Crippen molar-refractivity contribution < 1.29 is 28.6 Å². The van der Waals surface area contributed by atoms with Gasteiger partial charge < -0.3 is 19.5 Å². The highest BCUT2D eigenvalue weighted by atomic mass is 35.5. The number of hydrogen-bond acceptors (Lipinski definition) is 6. The van der Waals surface area contributed by atoms with Gasteiger partial charge in [-0.15, -0.1) is 0 Å². The second-order valence-corrected chi connectivity index (χ2v) is 8.41. The Morgan fingerprint density at radius 2 is 1.75 bits per heavy atom. The van der Waals surface area contributed by atoms with Gasteiger partial charge in [0.05, 0.1) is 23.8 Å². The lowest BCUT2D eigenvalue weighted by atomic mass is 10.0. The van der Waals surface area contributed by atoms with Gasteiger partial charge in [-0.1, -0.05) is 37.0 Å². The molecule has 1 aliphatic heterocycles. The minimum Gasteiger partial charge on any atom is -0.490 e. The lowest BCUT2D eigenvalue weighted by Gasteiger charge is -2.21. The third-order valence-electron chi connectivity index (χ3n) is 4.80. The van der Waals surface area contributed by atoms with Gasteiger partial charge >= 0.3 is 5.97 Å². The molecule has 0 radical (unpaired) electrons. The number of benzene rings is 2. The van der Waals surface area contributed by atoms with Crippen LogP contribution in [0, 0.1) is 5.92 Å². The van der Waals surface area contributed by atoms with E-state index in [-0.39, 0.29) is 16.5 Å². The lowest BCUT2D eigenvalue weighted by molar-refractivity contribution is -0.145. The second-order valence-electron chi connectivity index (χ2n) is 7.56. The number of esters is 1. The highest BCUT2D eigenvalue weighted by molar-refractivity contribution is 6.36. The van der Waals surface area contributed by atoms with Gasteiger partial charge in [0, 0.05) is 17.0 Å². The average Bonchev–Trinajstić information content (AvgIpc) is 3.00. The summed E-state index contributed by atoms with van der Waals surface area (Å²) in [4.78, 5) is 37.7. The van der Waals surface area contributed by atoms with Crippen molar-refractivity contribution in [2.75, 3.05) is 19.8 Å². The van der Waals surface area contributed by atoms with E-state index in [4.69, 9.17) is 37.4 Å². The molecule has 170 valence electrons. The normalized spacial score (nSPS) is 13.8. The number of Topliss-reactive ketones (excluding diaryl/α,β-unsaturated/α-hetero) is 1. The maximum absolute atomic E-state index is 12.6. The first-order valence-electron chi connectivity index (χ1n) is 10.1. The molecular weight excluding hydrogens is 457 g/mol. The molecule has 32 heavy (non-hydrogen) atoms. The number of carbonyl (C=O) groups excluding carboxylic acids is 3. The van der Waals surface area contributed by atoms with E-state index in [1.165, 1.54) is 18.2 Å². The van der Waals surface area contributed by atoms with Crippen molar-refractivity contribution >= 4 is 40.9 Å². The number of carbonyl (C=O) groups is 3. The average molecular weight is 480 g/mol. The fraction of sp³-hybridized carbons (Fsp3) is 0.348. The molecule has 0 aliphatic carbocycles. The first-order valence-corrected chi connectivity index (χ1v) is 10.9. The highest BCUT2D eigenvalue weighted by Gasteiger charge is 2.28. The SMILES string of the molecule is CC(C)[C@H](NC(=O)c1ccc(Cl)cc1Cl)C(=O)OCC(=O)c1ccc2c(c1)OCCCO2. The number of ketones is 1. The molecule has 0 unspecified atom stereocenters. The van der Waals surface area contributed by atoms with Crippen molar-refractivity contribution in [1.82, 2.24) is 5.32 Å². The largest absolute Gasteiger partial charge is 0.490 e. The third-order valence-corrected chi connectivity index (χ3v) is 5.35. The third kappa shape index (κ3) is 5.93. The van der Waals surface area contributed by atoms with Gasteiger partial charge in [0.2, 0.25) is 0 Å². The number of halogens is 2. The second kappa shape index (κ2) is 10.7. The summed E-state index contributed by atoms with van der Waals surface area (Å²) in [6.45, 7) is 4.07. The van der Waals surface area contributed by atoms with Crippen molar-refractivity contribution in [1.29, 1.82) is 0 Å². The highest BCUT2D eigenvalue weighted by Crippen LogP contribution is 2.30. The van der Waals surface area contributed by atoms with Crippen LogP contribution in [0.3, 0.4) is 0 Å². The van der Waals surface area contributed by atoms with E-state index in [0.29, 0.717) is 35.3 Å². The van der Waals surface area contributed by atoms with E-state index in [1.807, 2.05) is 0 Å². The van der Waals surface area contributed by atoms with Gasteiger partial charge in [-0.25, -0.2) is 4.79 Å². The minimum atomic E-state index is -0.967. The molecule has 0 bridgehead atoms. The molecular formula is C23H23Cl2NO6. The molecule has 9 heteroatoms. The summed E-state index contributed by atoms with van der Waals surface area (Å²) in [6, 6.07) is 8.28. The standard InChI is InChI=1S/C23H23Cl2NO6/c1-13(2)21(26-22(28)16-6-5-15(24)11-17(16)25)23(29)32-12-18(27)14-4-7-19-20(10-14)31-9-3-8-30-19/h4-7,10-11,13,21H,3,8-9,12H2,1-2H3,(H,26,28)/t21-/m0/s1. The summed E-state index contributed by atoms with van der Waals surface area (Å²) >= 11 is 11.9. The first kappa shape index (κ1) is 23.9. The van der Waals surface area contributed by atoms with E-state index in [1.54, 1.807) is 32.0 Å². The van der Waals surface area contributed by atoms with Crippen LogP contribution in [0.25, 0.3) is 0 Å². The van der Waals surface area contributed by atoms with E-state index in [9.17, 15) is 14.4 Å². The van der Waals surface area contributed by atoms with Crippen LogP contribution in [0.15, 0.2) is 36.4 Å². The summed E-state index contributed by atoms with van der Waals surface area (Å²) in [7, 11) is 0. The zero-order valence-corrected chi connectivity index (χ0v) is 19.2. The molecule has 0 saturated heterocycles. The molecule has 1 amide bonds. The summed E-state index contributed by atoms with van der Waals surface area (Å²) in [5.41, 5.74) is 0.512. The Hall–Kier alpha value is -2.77. The van der Waals surface area contributed by atoms with Crippen molar-refractivity contribution in [3.05, 3.63) is 57.6 Å². The molecule has 1 heterocycles. The Morgan fingerprint density at radius 3 is 2.44 bits per heavy atom. The molecule has 1 atom stereocenters. The first-order chi connectivity index (χ1) is 15.3. The zero-order valence-electron chi connectivity index (χ0n) is 17.7. The predicted octanol–water partition coefficient (Wildman–Crippen LogP) is 4.34. The van der Waals surface area contributed by atoms with Crippen LogP contribution in [0.4, 0.5) is 0 Å². The number of amides is 1. The van der Waals surface area contributed by atoms with Gasteiger partial charge in [0.1, 0.15) is 6.04 Å². The van der Waals surface area contributed by atoms with E-state index in [0.717, 1.165) is 6.42 Å². The Labute approximate surface area is 195 Å². The maximum Gasteiger partial charge on any atom is 0.329 e. The molecule has 0 fully saturated rings. The molecule has 0 spiro atoms. The van der Waals surface area contributed by atoms with Gasteiger partial charge in [-0.2, -0.15) is 0 Å². The van der Waals surface area contributed by atoms with Crippen molar-refractivity contribution in [2.45, 2.75) is 26.3 Å². The van der Waals surface area contributed by atoms with Crippen LogP contribution in [0.5, 0.6) is 11.5 Å². The van der Waals surface area contributed by atoms with Gasteiger partial charge in [-0.3, -0.25) is 9.59 Å². The molecule has 1 N–H and O–H groups in total. The van der Waals surface area contributed by atoms with Crippen LogP contribution in [0.1, 0.15) is 41.0 Å². The zero-order chi connectivity index (χ0) is 23.3. The predicted molar refractivity (Wildman–Crippen MR) is 120 cm³/mol. The number of rotatable bonds is 7. The van der Waals surface area contributed by atoms with Crippen LogP contribution in [-0.4, -0.2) is 43.5 Å². The summed E-state index contributed by atoms with van der Waals surface area (Å²) in [6.07, 6.45) is 0.749. The topological polar surface area (TPSA) is 90.9 Å². The fourth-order valence-electron chi connectivity index (χ4n) is 3.04. The molecule has 2 aromatic rings. The Balaban J connectivity index is 1.63. The van der Waals surface area contributed by atoms with E-state index in [2.05, 4.69) is 5.32 Å². The van der Waals surface area contributed by atoms with Gasteiger partial charge in [0.15, 0.2) is 23.9 Å². The molecule has 3 rings (SSSR count). The van der Waals surface area contributed by atoms with Crippen LogP contribution in [0.2, 0.25) is 10.0 Å². The summed E-state index contributed by atoms with van der Waals surface area (Å²) in [5, 5.41) is 3.17. The number of fused-ring (bicyclic) bond motifs is 1. The Kier molecular flexibility index (Phi) is 7.99. The Bertz CT molecular complexity index is 1020. The summed E-state index contributed by atoms with van der Waals surface area (Å²) in [5.74, 6) is -0.904. The van der Waals surface area contributed by atoms with Crippen LogP contribution >= 0.6 is 23.2 Å². The number of nitrogens with one attached hydrogen (secondary N) is 1. The maximum atomic E-state index is 12.6. The van der Waals surface area contributed by atoms with Gasteiger partial charge in [-0.05, 0) is 42.3 Å². The molecule has 1 aliphatic rings. The number of hydrogen-bond donors (Lipinski definition) is 1. The molecule has 7 nitrogen and oxygen atoms in total.